The van der Waals surface area contributed by atoms with E-state index in [-0.39, 0.29) is 24.0 Å². The van der Waals surface area contributed by atoms with E-state index in [0.717, 1.165) is 23.3 Å². The van der Waals surface area contributed by atoms with E-state index >= 15 is 0 Å². The summed E-state index contributed by atoms with van der Waals surface area (Å²) in [5.41, 5.74) is 7.05. The summed E-state index contributed by atoms with van der Waals surface area (Å²) in [5.74, 6) is -0.245. The first-order valence-corrected chi connectivity index (χ1v) is 9.74. The first kappa shape index (κ1) is 22.3. The number of nitrogens with two attached hydrogens (primary N) is 1. The third-order valence-corrected chi connectivity index (χ3v) is 4.77. The Labute approximate surface area is 170 Å². The summed E-state index contributed by atoms with van der Waals surface area (Å²) in [6, 6.07) is 0. The zero-order valence-electron chi connectivity index (χ0n) is 17.4. The van der Waals surface area contributed by atoms with Crippen LogP contribution in [0.15, 0.2) is 40.2 Å². The van der Waals surface area contributed by atoms with Crippen LogP contribution in [-0.2, 0) is 9.53 Å². The van der Waals surface area contributed by atoms with Crippen LogP contribution < -0.4 is 5.73 Å². The van der Waals surface area contributed by atoms with Crippen LogP contribution in [0.4, 0.5) is 4.79 Å². The molecule has 2 rings (SSSR count). The molecule has 0 saturated carbocycles. The van der Waals surface area contributed by atoms with E-state index in [0.29, 0.717) is 30.3 Å². The number of oxime groups is 1. The third-order valence-electron chi connectivity index (χ3n) is 4.77. The number of fused-ring (bicyclic) bond motifs is 1. The SMILES string of the molecule is CCCCOC1=C(N(C)C(=O)O)N(CC(C)C)C=C2CC(=O)C(C(N)=NO)C=C21. The van der Waals surface area contributed by atoms with Gasteiger partial charge in [-0.3, -0.25) is 9.69 Å². The maximum absolute atomic E-state index is 12.5. The van der Waals surface area contributed by atoms with Gasteiger partial charge in [0.1, 0.15) is 0 Å². The van der Waals surface area contributed by atoms with Crippen molar-refractivity contribution in [3.63, 3.8) is 0 Å². The number of ketones is 1. The van der Waals surface area contributed by atoms with E-state index in [2.05, 4.69) is 5.16 Å². The van der Waals surface area contributed by atoms with Crippen LogP contribution in [0.25, 0.3) is 0 Å². The molecule has 4 N–H and O–H groups in total. The second-order valence-corrected chi connectivity index (χ2v) is 7.62. The normalized spacial score (nSPS) is 19.8. The van der Waals surface area contributed by atoms with Gasteiger partial charge in [0, 0.05) is 31.8 Å². The molecular weight excluding hydrogens is 376 g/mol. The van der Waals surface area contributed by atoms with Gasteiger partial charge in [-0.25, -0.2) is 4.79 Å². The average molecular weight is 406 g/mol. The lowest BCUT2D eigenvalue weighted by atomic mass is 9.83. The van der Waals surface area contributed by atoms with E-state index in [1.54, 1.807) is 12.3 Å². The molecule has 1 aliphatic carbocycles. The number of hydrogen-bond donors (Lipinski definition) is 3. The Kier molecular flexibility index (Phi) is 7.30. The molecule has 1 heterocycles. The van der Waals surface area contributed by atoms with Crippen LogP contribution in [0.2, 0.25) is 0 Å². The molecule has 9 heteroatoms. The molecule has 29 heavy (non-hydrogen) atoms. The molecule has 160 valence electrons. The molecule has 1 atom stereocenters. The van der Waals surface area contributed by atoms with Gasteiger partial charge in [-0.05, 0) is 17.9 Å². The molecule has 0 bridgehead atoms. The van der Waals surface area contributed by atoms with E-state index in [9.17, 15) is 14.7 Å². The standard InChI is InChI=1S/C20H30N4O5/c1-5-6-7-29-17-14-9-15(18(21)22-28)16(25)8-13(14)11-24(10-12(2)3)19(17)23(4)20(26)27/h9,11-12,15,28H,5-8,10H2,1-4H3,(H2,21,22)(H,26,27). The van der Waals surface area contributed by atoms with Gasteiger partial charge >= 0.3 is 6.09 Å². The van der Waals surface area contributed by atoms with Gasteiger partial charge in [0.2, 0.25) is 0 Å². The van der Waals surface area contributed by atoms with Crippen LogP contribution in [0.5, 0.6) is 0 Å². The quantitative estimate of drug-likeness (QED) is 0.186. The van der Waals surface area contributed by atoms with Crippen LogP contribution in [0, 0.1) is 11.8 Å². The predicted molar refractivity (Wildman–Crippen MR) is 108 cm³/mol. The smallest absolute Gasteiger partial charge is 0.412 e. The van der Waals surface area contributed by atoms with Crippen LogP contribution in [-0.4, -0.2) is 58.0 Å². The minimum Gasteiger partial charge on any atom is -0.489 e. The van der Waals surface area contributed by atoms with E-state index in [4.69, 9.17) is 15.7 Å². The fraction of sp³-hybridized carbons (Fsp3) is 0.550. The maximum atomic E-state index is 12.5. The lowest BCUT2D eigenvalue weighted by molar-refractivity contribution is -0.119. The van der Waals surface area contributed by atoms with Crippen molar-refractivity contribution >= 4 is 17.7 Å². The summed E-state index contributed by atoms with van der Waals surface area (Å²) in [6.45, 7) is 7.06. The second-order valence-electron chi connectivity index (χ2n) is 7.62. The summed E-state index contributed by atoms with van der Waals surface area (Å²) in [5, 5.41) is 21.6. The van der Waals surface area contributed by atoms with Gasteiger partial charge in [-0.2, -0.15) is 0 Å². The zero-order valence-corrected chi connectivity index (χ0v) is 17.4. The molecule has 0 aromatic carbocycles. The van der Waals surface area contributed by atoms with Gasteiger partial charge in [0.25, 0.3) is 0 Å². The predicted octanol–water partition coefficient (Wildman–Crippen LogP) is 2.70. The third kappa shape index (κ3) is 4.90. The Hall–Kier alpha value is -2.97. The number of ether oxygens (including phenoxy) is 1. The molecule has 0 saturated heterocycles. The van der Waals surface area contributed by atoms with Crippen molar-refractivity contribution in [2.45, 2.75) is 40.0 Å². The van der Waals surface area contributed by atoms with Crippen molar-refractivity contribution < 1.29 is 24.6 Å². The second kappa shape index (κ2) is 9.49. The summed E-state index contributed by atoms with van der Waals surface area (Å²) < 4.78 is 6.05. The summed E-state index contributed by atoms with van der Waals surface area (Å²) in [4.78, 5) is 27.3. The molecule has 9 nitrogen and oxygen atoms in total. The summed E-state index contributed by atoms with van der Waals surface area (Å²) in [6.07, 6.45) is 4.07. The van der Waals surface area contributed by atoms with Crippen LogP contribution >= 0.6 is 0 Å². The topological polar surface area (TPSA) is 129 Å². The van der Waals surface area contributed by atoms with Crippen molar-refractivity contribution in [3.8, 4) is 0 Å². The van der Waals surface area contributed by atoms with E-state index in [1.165, 1.54) is 7.05 Å². The molecule has 0 radical (unpaired) electrons. The van der Waals surface area contributed by atoms with Gasteiger partial charge in [-0.1, -0.05) is 38.4 Å². The van der Waals surface area contributed by atoms with Crippen molar-refractivity contribution in [3.05, 3.63) is 35.0 Å². The molecule has 1 unspecified atom stereocenters. The number of Topliss-reactive ketones (excluding diaryl/α,β-unsaturated/α-hetero) is 1. The summed E-state index contributed by atoms with van der Waals surface area (Å²) >= 11 is 0. The fourth-order valence-electron chi connectivity index (χ4n) is 3.34. The zero-order chi connectivity index (χ0) is 21.7. The van der Waals surface area contributed by atoms with Crippen molar-refractivity contribution in [2.24, 2.45) is 22.7 Å². The Bertz CT molecular complexity index is 782. The number of rotatable bonds is 8. The van der Waals surface area contributed by atoms with E-state index < -0.39 is 12.0 Å². The lowest BCUT2D eigenvalue weighted by Gasteiger charge is -2.38. The number of carbonyl (C=O) groups is 2. The summed E-state index contributed by atoms with van der Waals surface area (Å²) in [7, 11) is 1.46. The highest BCUT2D eigenvalue weighted by Crippen LogP contribution is 2.39. The van der Waals surface area contributed by atoms with Crippen LogP contribution in [0.1, 0.15) is 40.0 Å². The number of carbonyl (C=O) groups excluding carboxylic acids is 1. The van der Waals surface area contributed by atoms with Crippen LogP contribution in [0.3, 0.4) is 0 Å². The highest BCUT2D eigenvalue weighted by Gasteiger charge is 2.37. The molecule has 0 fully saturated rings. The molecule has 1 amide bonds. The molecular formula is C20H30N4O5. The van der Waals surface area contributed by atoms with Gasteiger partial charge in [-0.15, -0.1) is 0 Å². The van der Waals surface area contributed by atoms with Crippen molar-refractivity contribution in [1.29, 1.82) is 0 Å². The van der Waals surface area contributed by atoms with E-state index in [1.807, 2.05) is 25.7 Å². The number of amidine groups is 1. The highest BCUT2D eigenvalue weighted by atomic mass is 16.5. The Balaban J connectivity index is 2.65. The Morgan fingerprint density at radius 1 is 1.48 bits per heavy atom. The number of amides is 1. The van der Waals surface area contributed by atoms with Crippen molar-refractivity contribution in [2.75, 3.05) is 20.2 Å². The molecule has 0 spiro atoms. The Morgan fingerprint density at radius 2 is 2.17 bits per heavy atom. The van der Waals surface area contributed by atoms with Gasteiger partial charge < -0.3 is 25.7 Å². The van der Waals surface area contributed by atoms with Gasteiger partial charge in [0.05, 0.1) is 12.5 Å². The molecule has 1 aliphatic heterocycles. The molecule has 0 aromatic heterocycles. The number of unbranched alkanes of at least 4 members (excludes halogenated alkanes) is 1. The minimum absolute atomic E-state index is 0.0893. The lowest BCUT2D eigenvalue weighted by Crippen LogP contribution is -2.41. The molecule has 2 aliphatic rings. The van der Waals surface area contributed by atoms with Crippen molar-refractivity contribution in [1.82, 2.24) is 9.80 Å². The number of carboxylic acid groups (broad SMARTS) is 1. The average Bonchev–Trinajstić information content (AvgIpc) is 2.66. The fourth-order valence-corrected chi connectivity index (χ4v) is 3.34. The monoisotopic (exact) mass is 406 g/mol. The highest BCUT2D eigenvalue weighted by molar-refractivity contribution is 6.07. The van der Waals surface area contributed by atoms with Gasteiger partial charge in [0.15, 0.2) is 23.2 Å². The Morgan fingerprint density at radius 3 is 2.72 bits per heavy atom. The maximum Gasteiger partial charge on any atom is 0.412 e. The first-order valence-electron chi connectivity index (χ1n) is 9.74. The number of allylic oxidation sites excluding steroid dienone is 1. The first-order chi connectivity index (χ1) is 13.7. The molecule has 0 aromatic rings. The number of nitrogens with zero attached hydrogens (tertiary/aromatic N) is 3. The number of hydrogen-bond acceptors (Lipinski definition) is 6. The largest absolute Gasteiger partial charge is 0.489 e. The minimum atomic E-state index is -1.12.